The van der Waals surface area contributed by atoms with Crippen molar-refractivity contribution < 1.29 is 18.0 Å². The predicted octanol–water partition coefficient (Wildman–Crippen LogP) is 4.52. The van der Waals surface area contributed by atoms with Gasteiger partial charge in [0, 0.05) is 5.02 Å². The summed E-state index contributed by atoms with van der Waals surface area (Å²) in [5.74, 6) is -0.308. The smallest absolute Gasteiger partial charge is 0.303 e. The van der Waals surface area contributed by atoms with E-state index in [1.165, 1.54) is 12.3 Å². The van der Waals surface area contributed by atoms with Crippen LogP contribution in [0.2, 0.25) is 5.02 Å². The van der Waals surface area contributed by atoms with Crippen LogP contribution in [0.15, 0.2) is 58.7 Å². The lowest BCUT2D eigenvalue weighted by molar-refractivity contribution is -0.137. The fourth-order valence-electron chi connectivity index (χ4n) is 2.37. The van der Waals surface area contributed by atoms with Crippen LogP contribution in [0.5, 0.6) is 0 Å². The van der Waals surface area contributed by atoms with Crippen LogP contribution in [0.1, 0.15) is 16.7 Å². The van der Waals surface area contributed by atoms with Gasteiger partial charge in [0.15, 0.2) is 5.17 Å². The van der Waals surface area contributed by atoms with Crippen LogP contribution in [0, 0.1) is 0 Å². The average Bonchev–Trinajstić information content (AvgIpc) is 2.96. The van der Waals surface area contributed by atoms with Gasteiger partial charge in [0.25, 0.3) is 0 Å². The van der Waals surface area contributed by atoms with E-state index in [9.17, 15) is 18.0 Å². The summed E-state index contributed by atoms with van der Waals surface area (Å²) in [4.78, 5) is 12.0. The van der Waals surface area contributed by atoms with E-state index in [0.29, 0.717) is 15.8 Å². The van der Waals surface area contributed by atoms with E-state index >= 15 is 0 Å². The number of hydrogen-bond acceptors (Lipinski definition) is 4. The van der Waals surface area contributed by atoms with E-state index in [0.717, 1.165) is 29.5 Å². The molecule has 1 fully saturated rings. The van der Waals surface area contributed by atoms with Crippen LogP contribution < -0.4 is 5.32 Å². The number of nitrogens with zero attached hydrogens (tertiary/aromatic N) is 2. The number of carbonyl (C=O) groups is 1. The molecular weight excluding hydrogens is 399 g/mol. The van der Waals surface area contributed by atoms with Crippen molar-refractivity contribution in [1.82, 2.24) is 5.32 Å². The maximum Gasteiger partial charge on any atom is 0.416 e. The number of benzene rings is 2. The molecule has 0 aliphatic carbocycles. The molecule has 0 radical (unpaired) electrons. The van der Waals surface area contributed by atoms with Crippen molar-refractivity contribution in [2.75, 3.05) is 0 Å². The number of hydrogen-bond donors (Lipinski definition) is 1. The Morgan fingerprint density at radius 2 is 1.93 bits per heavy atom. The van der Waals surface area contributed by atoms with Crippen molar-refractivity contribution in [3.63, 3.8) is 0 Å². The van der Waals surface area contributed by atoms with E-state index in [1.54, 1.807) is 30.3 Å². The number of halogens is 4. The quantitative estimate of drug-likeness (QED) is 0.594. The monoisotopic (exact) mass is 411 g/mol. The molecule has 27 heavy (non-hydrogen) atoms. The molecule has 140 valence electrons. The fourth-order valence-corrected chi connectivity index (χ4v) is 3.46. The molecule has 1 amide bonds. The Morgan fingerprint density at radius 3 is 2.63 bits per heavy atom. The number of amides is 1. The highest BCUT2D eigenvalue weighted by molar-refractivity contribution is 8.15. The molecule has 0 spiro atoms. The first-order valence-corrected chi connectivity index (χ1v) is 9.07. The number of thioether (sulfide) groups is 1. The summed E-state index contributed by atoms with van der Waals surface area (Å²) in [6.07, 6.45) is -2.74. The van der Waals surface area contributed by atoms with Crippen molar-refractivity contribution in [2.45, 2.75) is 17.8 Å². The van der Waals surface area contributed by atoms with Gasteiger partial charge in [-0.25, -0.2) is 0 Å². The van der Waals surface area contributed by atoms with E-state index in [4.69, 9.17) is 11.6 Å². The molecule has 0 saturated carbocycles. The molecular formula is C18H13ClF3N3OS. The molecule has 1 N–H and O–H groups in total. The Labute approximate surface area is 162 Å². The zero-order chi connectivity index (χ0) is 19.4. The van der Waals surface area contributed by atoms with Gasteiger partial charge in [-0.3, -0.25) is 4.79 Å². The molecule has 1 atom stereocenters. The number of rotatable bonds is 4. The summed E-state index contributed by atoms with van der Waals surface area (Å²) >= 11 is 6.94. The lowest BCUT2D eigenvalue weighted by Crippen LogP contribution is -2.26. The van der Waals surface area contributed by atoms with Crippen LogP contribution >= 0.6 is 23.4 Å². The van der Waals surface area contributed by atoms with Gasteiger partial charge in [-0.2, -0.15) is 18.3 Å². The Morgan fingerprint density at radius 1 is 1.19 bits per heavy atom. The number of nitrogens with one attached hydrogen (secondary N) is 1. The van der Waals surface area contributed by atoms with Gasteiger partial charge in [-0.05, 0) is 35.7 Å². The first kappa shape index (κ1) is 19.4. The van der Waals surface area contributed by atoms with E-state index < -0.39 is 17.0 Å². The molecule has 3 rings (SSSR count). The second-order valence-electron chi connectivity index (χ2n) is 5.70. The minimum absolute atomic E-state index is 0.167. The molecule has 1 unspecified atom stereocenters. The maximum atomic E-state index is 12.8. The molecule has 0 bridgehead atoms. The summed E-state index contributed by atoms with van der Waals surface area (Å²) in [6.45, 7) is 0. The summed E-state index contributed by atoms with van der Waals surface area (Å²) in [6, 6.07) is 11.9. The summed E-state index contributed by atoms with van der Waals surface area (Å²) in [5.41, 5.74) is 0.492. The second kappa shape index (κ2) is 8.14. The summed E-state index contributed by atoms with van der Waals surface area (Å²) in [5, 5.41) is 10.8. The van der Waals surface area contributed by atoms with Gasteiger partial charge in [0.05, 0.1) is 17.0 Å². The van der Waals surface area contributed by atoms with Gasteiger partial charge >= 0.3 is 6.18 Å². The SMILES string of the molecule is O=C1N/C(=N\N=C\c2ccc(Cl)cc2)SC1Cc1cccc(C(F)(F)F)c1. The van der Waals surface area contributed by atoms with Crippen molar-refractivity contribution in [1.29, 1.82) is 0 Å². The molecule has 1 saturated heterocycles. The Balaban J connectivity index is 1.64. The highest BCUT2D eigenvalue weighted by Gasteiger charge is 2.33. The minimum atomic E-state index is -4.41. The lowest BCUT2D eigenvalue weighted by Gasteiger charge is -2.10. The van der Waals surface area contributed by atoms with Gasteiger partial charge in [-0.1, -0.05) is 53.7 Å². The average molecular weight is 412 g/mol. The van der Waals surface area contributed by atoms with E-state index in [-0.39, 0.29) is 12.3 Å². The normalized spacial score (nSPS) is 19.0. The van der Waals surface area contributed by atoms with Crippen molar-refractivity contribution in [3.8, 4) is 0 Å². The molecule has 0 aromatic heterocycles. The first-order chi connectivity index (χ1) is 12.8. The molecule has 2 aromatic carbocycles. The third-order valence-electron chi connectivity index (χ3n) is 3.68. The second-order valence-corrected chi connectivity index (χ2v) is 7.33. The molecule has 4 nitrogen and oxygen atoms in total. The zero-order valence-electron chi connectivity index (χ0n) is 13.7. The third-order valence-corrected chi connectivity index (χ3v) is 5.00. The lowest BCUT2D eigenvalue weighted by atomic mass is 10.1. The minimum Gasteiger partial charge on any atom is -0.303 e. The van der Waals surface area contributed by atoms with Gasteiger partial charge in [0.2, 0.25) is 5.91 Å². The first-order valence-electron chi connectivity index (χ1n) is 7.81. The standard InChI is InChI=1S/C18H13ClF3N3OS/c19-14-6-4-11(5-7-14)10-23-25-17-24-16(26)15(27-17)9-12-2-1-3-13(8-12)18(20,21)22/h1-8,10,15H,9H2,(H,24,25,26)/b23-10+. The number of amidine groups is 1. The predicted molar refractivity (Wildman–Crippen MR) is 101 cm³/mol. The van der Waals surface area contributed by atoms with Crippen molar-refractivity contribution in [3.05, 3.63) is 70.2 Å². The molecule has 2 aromatic rings. The van der Waals surface area contributed by atoms with E-state index in [1.807, 2.05) is 0 Å². The van der Waals surface area contributed by atoms with Gasteiger partial charge < -0.3 is 5.32 Å². The van der Waals surface area contributed by atoms with Crippen LogP contribution in [0.4, 0.5) is 13.2 Å². The van der Waals surface area contributed by atoms with Crippen LogP contribution in [0.25, 0.3) is 0 Å². The van der Waals surface area contributed by atoms with Gasteiger partial charge in [-0.15, -0.1) is 5.10 Å². The maximum absolute atomic E-state index is 12.8. The van der Waals surface area contributed by atoms with Crippen LogP contribution in [0.3, 0.4) is 0 Å². The molecule has 1 aliphatic heterocycles. The largest absolute Gasteiger partial charge is 0.416 e. The van der Waals surface area contributed by atoms with Crippen LogP contribution in [-0.2, 0) is 17.4 Å². The Hall–Kier alpha value is -2.32. The molecule has 9 heteroatoms. The number of carbonyl (C=O) groups excluding carboxylic acids is 1. The Bertz CT molecular complexity index is 897. The van der Waals surface area contributed by atoms with E-state index in [2.05, 4.69) is 15.5 Å². The molecule has 1 aliphatic rings. The highest BCUT2D eigenvalue weighted by atomic mass is 35.5. The zero-order valence-corrected chi connectivity index (χ0v) is 15.3. The topological polar surface area (TPSA) is 53.8 Å². The number of alkyl halides is 3. The summed E-state index contributed by atoms with van der Waals surface area (Å²) < 4.78 is 38.4. The van der Waals surface area contributed by atoms with Gasteiger partial charge in [0.1, 0.15) is 0 Å². The van der Waals surface area contributed by atoms with Crippen molar-refractivity contribution in [2.24, 2.45) is 10.2 Å². The third kappa shape index (κ3) is 5.33. The highest BCUT2D eigenvalue weighted by Crippen LogP contribution is 2.31. The summed E-state index contributed by atoms with van der Waals surface area (Å²) in [7, 11) is 0. The fraction of sp³-hybridized carbons (Fsp3) is 0.167. The Kier molecular flexibility index (Phi) is 5.86. The van der Waals surface area contributed by atoms with Crippen LogP contribution in [-0.4, -0.2) is 22.5 Å². The van der Waals surface area contributed by atoms with Crippen molar-refractivity contribution >= 4 is 40.7 Å². The molecule has 1 heterocycles.